The molecule has 3 rings (SSSR count). The number of hydrogen-bond donors (Lipinski definition) is 1. The van der Waals surface area contributed by atoms with Crippen LogP contribution in [0.15, 0.2) is 12.1 Å². The van der Waals surface area contributed by atoms with Gasteiger partial charge in [-0.2, -0.15) is 0 Å². The topological polar surface area (TPSA) is 29.3 Å². The first-order valence-corrected chi connectivity index (χ1v) is 7.48. The lowest BCUT2D eigenvalue weighted by molar-refractivity contribution is 0.336. The lowest BCUT2D eigenvalue weighted by atomic mass is 9.88. The maximum absolute atomic E-state index is 14.1. The number of anilines is 1. The second-order valence-electron chi connectivity index (χ2n) is 6.39. The van der Waals surface area contributed by atoms with Gasteiger partial charge in [0.05, 0.1) is 5.69 Å². The third-order valence-corrected chi connectivity index (χ3v) is 5.17. The summed E-state index contributed by atoms with van der Waals surface area (Å²) >= 11 is 0. The quantitative estimate of drug-likeness (QED) is 0.917. The molecule has 20 heavy (non-hydrogen) atoms. The summed E-state index contributed by atoms with van der Waals surface area (Å²) in [5.41, 5.74) is 5.98. The molecule has 3 atom stereocenters. The molecule has 0 heterocycles. The van der Waals surface area contributed by atoms with Crippen LogP contribution < -0.4 is 10.6 Å². The molecule has 2 aliphatic rings. The van der Waals surface area contributed by atoms with Crippen LogP contribution in [0.2, 0.25) is 0 Å². The summed E-state index contributed by atoms with van der Waals surface area (Å²) in [6.07, 6.45) is 5.26. The number of benzene rings is 1. The fourth-order valence-corrected chi connectivity index (χ4v) is 4.08. The van der Waals surface area contributed by atoms with E-state index in [1.807, 2.05) is 11.9 Å². The van der Waals surface area contributed by atoms with Gasteiger partial charge < -0.3 is 10.6 Å². The number of nitrogens with zero attached hydrogens (tertiary/aromatic N) is 1. The normalized spacial score (nSPS) is 28.1. The molecule has 2 bridgehead atoms. The molecule has 3 unspecified atom stereocenters. The van der Waals surface area contributed by atoms with Crippen LogP contribution >= 0.6 is 0 Å². The minimum atomic E-state index is -0.801. The molecule has 2 saturated carbocycles. The molecule has 0 amide bonds. The highest BCUT2D eigenvalue weighted by Crippen LogP contribution is 2.48. The highest BCUT2D eigenvalue weighted by atomic mass is 19.2. The van der Waals surface area contributed by atoms with Crippen molar-refractivity contribution in [3.63, 3.8) is 0 Å². The lowest BCUT2D eigenvalue weighted by Gasteiger charge is -2.29. The Morgan fingerprint density at radius 2 is 2.00 bits per heavy atom. The van der Waals surface area contributed by atoms with Crippen LogP contribution in [0.3, 0.4) is 0 Å². The van der Waals surface area contributed by atoms with E-state index >= 15 is 0 Å². The zero-order valence-corrected chi connectivity index (χ0v) is 11.9. The Balaban J connectivity index is 1.74. The van der Waals surface area contributed by atoms with Gasteiger partial charge in [-0.1, -0.05) is 12.5 Å². The van der Waals surface area contributed by atoms with E-state index in [-0.39, 0.29) is 12.1 Å². The van der Waals surface area contributed by atoms with Crippen molar-refractivity contribution in [2.75, 3.05) is 18.5 Å². The Hall–Kier alpha value is -1.16. The van der Waals surface area contributed by atoms with E-state index in [4.69, 9.17) is 5.73 Å². The third-order valence-electron chi connectivity index (χ3n) is 5.17. The number of nitrogens with two attached hydrogens (primary N) is 1. The first-order valence-electron chi connectivity index (χ1n) is 7.48. The number of hydrogen-bond acceptors (Lipinski definition) is 2. The van der Waals surface area contributed by atoms with Crippen LogP contribution in [-0.4, -0.2) is 13.6 Å². The van der Waals surface area contributed by atoms with Crippen molar-refractivity contribution in [1.29, 1.82) is 0 Å². The predicted octanol–water partition coefficient (Wildman–Crippen LogP) is 3.30. The monoisotopic (exact) mass is 280 g/mol. The number of fused-ring (bicyclic) bond motifs is 2. The summed E-state index contributed by atoms with van der Waals surface area (Å²) in [6, 6.07) is 3.23. The van der Waals surface area contributed by atoms with Gasteiger partial charge in [0, 0.05) is 25.7 Å². The molecule has 2 aliphatic carbocycles. The summed E-state index contributed by atoms with van der Waals surface area (Å²) in [6.45, 7) is 0.846. The summed E-state index contributed by atoms with van der Waals surface area (Å²) < 4.78 is 27.9. The maximum Gasteiger partial charge on any atom is 0.182 e. The molecule has 0 spiro atoms. The van der Waals surface area contributed by atoms with Gasteiger partial charge in [-0.05, 0) is 43.1 Å². The van der Waals surface area contributed by atoms with E-state index in [0.29, 0.717) is 11.6 Å². The summed E-state index contributed by atoms with van der Waals surface area (Å²) in [5, 5.41) is 0. The van der Waals surface area contributed by atoms with Crippen LogP contribution in [0.1, 0.15) is 31.2 Å². The Morgan fingerprint density at radius 3 is 2.60 bits per heavy atom. The Kier molecular flexibility index (Phi) is 3.67. The average molecular weight is 280 g/mol. The fourth-order valence-electron chi connectivity index (χ4n) is 4.08. The molecule has 2 N–H and O–H groups in total. The third kappa shape index (κ3) is 2.30. The van der Waals surface area contributed by atoms with Crippen LogP contribution in [0.5, 0.6) is 0 Å². The predicted molar refractivity (Wildman–Crippen MR) is 76.5 cm³/mol. The number of rotatable bonds is 4. The van der Waals surface area contributed by atoms with E-state index < -0.39 is 11.6 Å². The highest BCUT2D eigenvalue weighted by Gasteiger charge is 2.39. The zero-order chi connectivity index (χ0) is 14.3. The molecule has 0 radical (unpaired) electrons. The molecule has 2 fully saturated rings. The van der Waals surface area contributed by atoms with Gasteiger partial charge in [-0.25, -0.2) is 8.78 Å². The van der Waals surface area contributed by atoms with Crippen LogP contribution in [0, 0.1) is 29.4 Å². The first-order chi connectivity index (χ1) is 9.60. The minimum Gasteiger partial charge on any atom is -0.372 e. The Bertz CT molecular complexity index is 503. The highest BCUT2D eigenvalue weighted by molar-refractivity contribution is 5.49. The van der Waals surface area contributed by atoms with Gasteiger partial charge >= 0.3 is 0 Å². The minimum absolute atomic E-state index is 0.0269. The van der Waals surface area contributed by atoms with Crippen molar-refractivity contribution < 1.29 is 8.78 Å². The second-order valence-corrected chi connectivity index (χ2v) is 6.39. The molecule has 1 aromatic carbocycles. The summed E-state index contributed by atoms with van der Waals surface area (Å²) in [4.78, 5) is 1.87. The van der Waals surface area contributed by atoms with Crippen LogP contribution in [0.4, 0.5) is 14.5 Å². The summed E-state index contributed by atoms with van der Waals surface area (Å²) in [7, 11) is 1.85. The van der Waals surface area contributed by atoms with E-state index in [0.717, 1.165) is 18.4 Å². The second kappa shape index (κ2) is 5.32. The molecule has 4 heteroatoms. The molecule has 1 aromatic rings. The van der Waals surface area contributed by atoms with Crippen molar-refractivity contribution >= 4 is 5.69 Å². The smallest absolute Gasteiger partial charge is 0.182 e. The van der Waals surface area contributed by atoms with Crippen molar-refractivity contribution in [3.8, 4) is 0 Å². The Labute approximate surface area is 118 Å². The van der Waals surface area contributed by atoms with Gasteiger partial charge in [0.1, 0.15) is 0 Å². The summed E-state index contributed by atoms with van der Waals surface area (Å²) in [5.74, 6) is 0.733. The molecule has 0 aromatic heterocycles. The maximum atomic E-state index is 14.1. The standard InChI is InChI=1S/C16H22F2N2/c1-20(9-13-7-10-2-3-11(13)6-10)14-5-4-12(8-19)15(17)16(14)18/h4-5,10-11,13H,2-3,6-9,19H2,1H3. The van der Waals surface area contributed by atoms with Gasteiger partial charge in [0.15, 0.2) is 11.6 Å². The molecule has 0 aliphatic heterocycles. The SMILES string of the molecule is CN(CC1CC2CCC1C2)c1ccc(CN)c(F)c1F. The van der Waals surface area contributed by atoms with Gasteiger partial charge in [-0.3, -0.25) is 0 Å². The van der Waals surface area contributed by atoms with E-state index in [1.54, 1.807) is 12.1 Å². The molecule has 110 valence electrons. The largest absolute Gasteiger partial charge is 0.372 e. The van der Waals surface area contributed by atoms with Gasteiger partial charge in [-0.15, -0.1) is 0 Å². The fraction of sp³-hybridized carbons (Fsp3) is 0.625. The van der Waals surface area contributed by atoms with Crippen LogP contribution in [-0.2, 0) is 6.54 Å². The average Bonchev–Trinajstić information content (AvgIpc) is 3.04. The van der Waals surface area contributed by atoms with Gasteiger partial charge in [0.25, 0.3) is 0 Å². The molecular formula is C16H22F2N2. The Morgan fingerprint density at radius 1 is 1.20 bits per heavy atom. The first kappa shape index (κ1) is 13.8. The van der Waals surface area contributed by atoms with Crippen LogP contribution in [0.25, 0.3) is 0 Å². The van der Waals surface area contributed by atoms with E-state index in [9.17, 15) is 8.78 Å². The molecular weight excluding hydrogens is 258 g/mol. The lowest BCUT2D eigenvalue weighted by Crippen LogP contribution is -2.29. The zero-order valence-electron chi connectivity index (χ0n) is 11.9. The van der Waals surface area contributed by atoms with Gasteiger partial charge in [0.2, 0.25) is 0 Å². The van der Waals surface area contributed by atoms with Crippen molar-refractivity contribution in [3.05, 3.63) is 29.3 Å². The molecule has 2 nitrogen and oxygen atoms in total. The molecule has 0 saturated heterocycles. The van der Waals surface area contributed by atoms with E-state index in [2.05, 4.69) is 0 Å². The van der Waals surface area contributed by atoms with E-state index in [1.165, 1.54) is 25.7 Å². The van der Waals surface area contributed by atoms with Crippen molar-refractivity contribution in [2.45, 2.75) is 32.2 Å². The number of halogens is 2. The van der Waals surface area contributed by atoms with Crippen molar-refractivity contribution in [1.82, 2.24) is 0 Å². The van der Waals surface area contributed by atoms with Crippen molar-refractivity contribution in [2.24, 2.45) is 23.5 Å².